The molecule has 1 N–H and O–H groups in total. The van der Waals surface area contributed by atoms with E-state index in [1.54, 1.807) is 16.7 Å². The van der Waals surface area contributed by atoms with E-state index in [1.807, 2.05) is 13.0 Å². The summed E-state index contributed by atoms with van der Waals surface area (Å²) in [4.78, 5) is 27.9. The molecule has 0 bridgehead atoms. The van der Waals surface area contributed by atoms with Crippen molar-refractivity contribution in [3.8, 4) is 5.75 Å². The Morgan fingerprint density at radius 2 is 2.15 bits per heavy atom. The lowest BCUT2D eigenvalue weighted by atomic mass is 10.2. The van der Waals surface area contributed by atoms with Gasteiger partial charge in [0.1, 0.15) is 17.1 Å². The average Bonchev–Trinajstić information content (AvgIpc) is 2.99. The van der Waals surface area contributed by atoms with Crippen molar-refractivity contribution < 1.29 is 14.5 Å². The number of methoxy groups -OCH3 is 1. The van der Waals surface area contributed by atoms with Gasteiger partial charge in [0.2, 0.25) is 0 Å². The Morgan fingerprint density at radius 1 is 1.38 bits per heavy atom. The lowest BCUT2D eigenvalue weighted by Gasteiger charge is -2.10. The van der Waals surface area contributed by atoms with Crippen LogP contribution in [-0.2, 0) is 6.42 Å². The highest BCUT2D eigenvalue weighted by Gasteiger charge is 2.21. The number of aromatic nitrogens is 2. The Labute approximate surface area is 157 Å². The fraction of sp³-hybridized carbons (Fsp3) is 0.176. The number of nitro benzene ring substituents is 1. The van der Waals surface area contributed by atoms with E-state index in [1.165, 1.54) is 25.3 Å². The van der Waals surface area contributed by atoms with Crippen molar-refractivity contribution in [1.29, 1.82) is 0 Å². The third-order valence-electron chi connectivity index (χ3n) is 3.85. The molecular weight excluding hydrogens is 404 g/mol. The number of anilines is 1. The van der Waals surface area contributed by atoms with Crippen LogP contribution in [0.4, 0.5) is 11.4 Å². The van der Waals surface area contributed by atoms with Crippen LogP contribution in [0.2, 0.25) is 0 Å². The van der Waals surface area contributed by atoms with Gasteiger partial charge in [-0.3, -0.25) is 19.3 Å². The molecule has 0 aliphatic rings. The van der Waals surface area contributed by atoms with Gasteiger partial charge in [0, 0.05) is 22.8 Å². The van der Waals surface area contributed by atoms with Gasteiger partial charge < -0.3 is 10.1 Å². The monoisotopic (exact) mass is 418 g/mol. The fourth-order valence-corrected chi connectivity index (χ4v) is 2.98. The molecule has 2 heterocycles. The maximum atomic E-state index is 12.9. The van der Waals surface area contributed by atoms with Gasteiger partial charge in [-0.25, -0.2) is 4.98 Å². The van der Waals surface area contributed by atoms with Gasteiger partial charge in [0.15, 0.2) is 0 Å². The summed E-state index contributed by atoms with van der Waals surface area (Å²) in [5.74, 6) is -0.0942. The average molecular weight is 419 g/mol. The molecule has 0 saturated carbocycles. The molecule has 134 valence electrons. The lowest BCUT2D eigenvalue weighted by Crippen LogP contribution is -2.17. The number of ether oxygens (including phenoxy) is 1. The number of halogens is 1. The van der Waals surface area contributed by atoms with Crippen LogP contribution in [0, 0.1) is 10.1 Å². The molecule has 0 fully saturated rings. The van der Waals surface area contributed by atoms with Crippen LogP contribution in [0.5, 0.6) is 5.75 Å². The van der Waals surface area contributed by atoms with Crippen molar-refractivity contribution >= 4 is 38.9 Å². The Bertz CT molecular complexity index is 1020. The molecule has 26 heavy (non-hydrogen) atoms. The predicted molar refractivity (Wildman–Crippen MR) is 99.9 cm³/mol. The summed E-state index contributed by atoms with van der Waals surface area (Å²) in [7, 11) is 1.43. The van der Waals surface area contributed by atoms with Gasteiger partial charge in [-0.1, -0.05) is 6.92 Å². The first-order valence-corrected chi connectivity index (χ1v) is 8.54. The molecule has 1 amide bonds. The number of hydrogen-bond acceptors (Lipinski definition) is 5. The zero-order chi connectivity index (χ0) is 18.8. The van der Waals surface area contributed by atoms with E-state index < -0.39 is 10.8 Å². The van der Waals surface area contributed by atoms with Crippen LogP contribution < -0.4 is 10.1 Å². The number of rotatable bonds is 5. The zero-order valence-corrected chi connectivity index (χ0v) is 15.6. The third kappa shape index (κ3) is 3.25. The number of imidazole rings is 1. The number of benzene rings is 1. The first-order valence-electron chi connectivity index (χ1n) is 7.74. The summed E-state index contributed by atoms with van der Waals surface area (Å²) in [5, 5.41) is 13.7. The minimum Gasteiger partial charge on any atom is -0.495 e. The molecule has 0 aliphatic heterocycles. The number of amides is 1. The molecule has 3 rings (SSSR count). The van der Waals surface area contributed by atoms with Crippen molar-refractivity contribution in [3.63, 3.8) is 0 Å². The molecule has 9 heteroatoms. The van der Waals surface area contributed by atoms with Gasteiger partial charge in [-0.05, 0) is 40.5 Å². The molecule has 2 aromatic heterocycles. The van der Waals surface area contributed by atoms with E-state index >= 15 is 0 Å². The summed E-state index contributed by atoms with van der Waals surface area (Å²) in [6.07, 6.45) is 2.31. The van der Waals surface area contributed by atoms with E-state index in [0.29, 0.717) is 29.2 Å². The molecule has 1 aromatic carbocycles. The largest absolute Gasteiger partial charge is 0.495 e. The van der Waals surface area contributed by atoms with Gasteiger partial charge in [0.25, 0.3) is 11.6 Å². The number of carbonyl (C=O) groups is 1. The lowest BCUT2D eigenvalue weighted by molar-refractivity contribution is -0.384. The summed E-state index contributed by atoms with van der Waals surface area (Å²) in [6, 6.07) is 7.67. The highest BCUT2D eigenvalue weighted by molar-refractivity contribution is 9.10. The van der Waals surface area contributed by atoms with E-state index in [9.17, 15) is 14.9 Å². The summed E-state index contributed by atoms with van der Waals surface area (Å²) in [6.45, 7) is 1.90. The minimum absolute atomic E-state index is 0.141. The minimum atomic E-state index is -0.530. The number of carbonyl (C=O) groups excluding carboxylic acids is 1. The third-order valence-corrected chi connectivity index (χ3v) is 4.32. The van der Waals surface area contributed by atoms with Crippen molar-refractivity contribution in [2.24, 2.45) is 0 Å². The molecule has 8 nitrogen and oxygen atoms in total. The van der Waals surface area contributed by atoms with E-state index in [2.05, 4.69) is 26.2 Å². The van der Waals surface area contributed by atoms with E-state index in [0.717, 1.165) is 4.47 Å². The molecule has 0 aliphatic carbocycles. The van der Waals surface area contributed by atoms with Crippen molar-refractivity contribution in [1.82, 2.24) is 9.38 Å². The molecule has 0 saturated heterocycles. The zero-order valence-electron chi connectivity index (χ0n) is 14.0. The van der Waals surface area contributed by atoms with Crippen LogP contribution in [0.1, 0.15) is 23.1 Å². The number of non-ortho nitro benzene ring substituents is 1. The standard InChI is InChI=1S/C17H15BrN4O4/c1-3-12-16(21-9-10(18)4-7-15(21)19-12)17(23)20-13-8-11(22(24)25)5-6-14(13)26-2/h4-9H,3H2,1-2H3,(H,20,23). The van der Waals surface area contributed by atoms with Crippen molar-refractivity contribution in [3.05, 3.63) is 62.5 Å². The summed E-state index contributed by atoms with van der Waals surface area (Å²) >= 11 is 3.39. The Morgan fingerprint density at radius 3 is 2.81 bits per heavy atom. The van der Waals surface area contributed by atoms with Crippen LogP contribution in [0.15, 0.2) is 41.0 Å². The SMILES string of the molecule is CCc1nc2ccc(Br)cn2c1C(=O)Nc1cc([N+](=O)[O-])ccc1OC. The number of nitrogens with zero attached hydrogens (tertiary/aromatic N) is 3. The van der Waals surface area contributed by atoms with Gasteiger partial charge in [-0.15, -0.1) is 0 Å². The normalized spacial score (nSPS) is 10.7. The second-order valence-electron chi connectivity index (χ2n) is 5.43. The molecular formula is C17H15BrN4O4. The van der Waals surface area contributed by atoms with Crippen LogP contribution >= 0.6 is 15.9 Å². The Kier molecular flexibility index (Phi) is 4.90. The smallest absolute Gasteiger partial charge is 0.274 e. The number of fused-ring (bicyclic) bond motifs is 1. The predicted octanol–water partition coefficient (Wildman–Crippen LogP) is 3.83. The maximum Gasteiger partial charge on any atom is 0.274 e. The number of pyridine rings is 1. The first kappa shape index (κ1) is 17.9. The Balaban J connectivity index is 2.06. The molecule has 0 unspecified atom stereocenters. The quantitative estimate of drug-likeness (QED) is 0.501. The number of nitro groups is 1. The second-order valence-corrected chi connectivity index (χ2v) is 6.35. The van der Waals surface area contributed by atoms with Gasteiger partial charge >= 0.3 is 0 Å². The second kappa shape index (κ2) is 7.12. The fourth-order valence-electron chi connectivity index (χ4n) is 2.64. The highest BCUT2D eigenvalue weighted by Crippen LogP contribution is 2.29. The topological polar surface area (TPSA) is 98.8 Å². The molecule has 0 spiro atoms. The number of nitrogens with one attached hydrogen (secondary N) is 1. The van der Waals surface area contributed by atoms with Gasteiger partial charge in [-0.2, -0.15) is 0 Å². The first-order chi connectivity index (χ1) is 12.4. The van der Waals surface area contributed by atoms with Crippen LogP contribution in [-0.4, -0.2) is 27.3 Å². The highest BCUT2D eigenvalue weighted by atomic mass is 79.9. The molecule has 3 aromatic rings. The number of hydrogen-bond donors (Lipinski definition) is 1. The maximum absolute atomic E-state index is 12.9. The van der Waals surface area contributed by atoms with Gasteiger partial charge in [0.05, 0.1) is 23.4 Å². The summed E-state index contributed by atoms with van der Waals surface area (Å²) in [5.41, 5.74) is 1.72. The van der Waals surface area contributed by atoms with Crippen LogP contribution in [0.25, 0.3) is 5.65 Å². The van der Waals surface area contributed by atoms with E-state index in [4.69, 9.17) is 4.74 Å². The molecule has 0 atom stereocenters. The van der Waals surface area contributed by atoms with Crippen molar-refractivity contribution in [2.45, 2.75) is 13.3 Å². The number of aryl methyl sites for hydroxylation is 1. The van der Waals surface area contributed by atoms with Crippen molar-refractivity contribution in [2.75, 3.05) is 12.4 Å². The Hall–Kier alpha value is -2.94. The summed E-state index contributed by atoms with van der Waals surface area (Å²) < 4.78 is 7.68. The molecule has 0 radical (unpaired) electrons. The van der Waals surface area contributed by atoms with E-state index in [-0.39, 0.29) is 11.4 Å². The van der Waals surface area contributed by atoms with Crippen LogP contribution in [0.3, 0.4) is 0 Å².